The van der Waals surface area contributed by atoms with Gasteiger partial charge in [0, 0.05) is 69.1 Å². The van der Waals surface area contributed by atoms with Gasteiger partial charge < -0.3 is 9.80 Å². The summed E-state index contributed by atoms with van der Waals surface area (Å²) in [6.45, 7) is 8.22. The van der Waals surface area contributed by atoms with Crippen molar-refractivity contribution in [2.45, 2.75) is 58.5 Å². The molecule has 154 valence electrons. The zero-order valence-electron chi connectivity index (χ0n) is 17.3. The van der Waals surface area contributed by atoms with Crippen molar-refractivity contribution in [3.8, 4) is 0 Å². The quantitative estimate of drug-likeness (QED) is 0.791. The molecule has 4 heterocycles. The molecule has 0 bridgehead atoms. The Morgan fingerprint density at radius 2 is 1.93 bits per heavy atom. The molecule has 1 fully saturated rings. The monoisotopic (exact) mass is 396 g/mol. The summed E-state index contributed by atoms with van der Waals surface area (Å²) in [5.41, 5.74) is 3.10. The molecule has 0 aliphatic carbocycles. The van der Waals surface area contributed by atoms with E-state index in [9.17, 15) is 9.59 Å². The van der Waals surface area contributed by atoms with Gasteiger partial charge in [0.1, 0.15) is 11.9 Å². The molecule has 1 unspecified atom stereocenters. The third kappa shape index (κ3) is 3.88. The van der Waals surface area contributed by atoms with Crippen LogP contribution in [0.5, 0.6) is 0 Å². The fourth-order valence-electron chi connectivity index (χ4n) is 4.31. The van der Waals surface area contributed by atoms with Crippen LogP contribution in [0.4, 0.5) is 0 Å². The highest BCUT2D eigenvalue weighted by molar-refractivity contribution is 5.80. The Morgan fingerprint density at radius 1 is 1.17 bits per heavy atom. The number of carbonyl (C=O) groups is 2. The summed E-state index contributed by atoms with van der Waals surface area (Å²) < 4.78 is 1.78. The van der Waals surface area contributed by atoms with E-state index in [0.717, 1.165) is 48.6 Å². The lowest BCUT2D eigenvalue weighted by atomic mass is 9.95. The highest BCUT2D eigenvalue weighted by Gasteiger charge is 2.30. The van der Waals surface area contributed by atoms with E-state index < -0.39 is 0 Å². The van der Waals surface area contributed by atoms with Crippen molar-refractivity contribution in [1.29, 1.82) is 0 Å². The molecule has 2 amide bonds. The van der Waals surface area contributed by atoms with Crippen LogP contribution in [0.1, 0.15) is 61.4 Å². The van der Waals surface area contributed by atoms with Crippen molar-refractivity contribution < 1.29 is 9.59 Å². The second-order valence-electron chi connectivity index (χ2n) is 8.08. The van der Waals surface area contributed by atoms with E-state index in [-0.39, 0.29) is 23.8 Å². The molecule has 2 aromatic rings. The number of likely N-dealkylation sites (tertiary alicyclic amines) is 1. The van der Waals surface area contributed by atoms with Gasteiger partial charge in [-0.25, -0.2) is 9.97 Å². The van der Waals surface area contributed by atoms with Crippen LogP contribution >= 0.6 is 0 Å². The predicted molar refractivity (Wildman–Crippen MR) is 107 cm³/mol. The van der Waals surface area contributed by atoms with E-state index in [1.54, 1.807) is 17.8 Å². The number of piperidine rings is 1. The van der Waals surface area contributed by atoms with Gasteiger partial charge in [0.05, 0.1) is 5.69 Å². The lowest BCUT2D eigenvalue weighted by molar-refractivity contribution is -0.135. The molecule has 4 rings (SSSR count). The lowest BCUT2D eigenvalue weighted by Gasteiger charge is -2.33. The summed E-state index contributed by atoms with van der Waals surface area (Å²) in [6, 6.07) is 1.63. The van der Waals surface area contributed by atoms with Gasteiger partial charge in [0.2, 0.25) is 11.8 Å². The van der Waals surface area contributed by atoms with Crippen molar-refractivity contribution in [2.24, 2.45) is 0 Å². The third-order valence-electron chi connectivity index (χ3n) is 6.16. The Hall–Kier alpha value is -2.77. The first-order valence-electron chi connectivity index (χ1n) is 10.3. The zero-order valence-corrected chi connectivity index (χ0v) is 17.3. The van der Waals surface area contributed by atoms with Crippen molar-refractivity contribution in [1.82, 2.24) is 29.5 Å². The number of hydrogen-bond donors (Lipinski definition) is 0. The second-order valence-corrected chi connectivity index (χ2v) is 8.08. The normalized spacial score (nSPS) is 18.4. The van der Waals surface area contributed by atoms with Gasteiger partial charge in [-0.05, 0) is 32.8 Å². The molecular formula is C21H28N6O2. The van der Waals surface area contributed by atoms with Crippen molar-refractivity contribution in [2.75, 3.05) is 19.6 Å². The van der Waals surface area contributed by atoms with Gasteiger partial charge in [-0.2, -0.15) is 5.10 Å². The number of amides is 2. The number of aromatic nitrogens is 4. The molecule has 2 aromatic heterocycles. The number of nitrogens with zero attached hydrogens (tertiary/aromatic N) is 6. The molecule has 8 nitrogen and oxygen atoms in total. The van der Waals surface area contributed by atoms with Crippen molar-refractivity contribution in [3.05, 3.63) is 41.2 Å². The molecule has 0 spiro atoms. The van der Waals surface area contributed by atoms with Crippen LogP contribution in [0.25, 0.3) is 0 Å². The Bertz CT molecular complexity index is 916. The highest BCUT2D eigenvalue weighted by Crippen LogP contribution is 2.28. The minimum atomic E-state index is -0.286. The average Bonchev–Trinajstić information content (AvgIpc) is 3.17. The van der Waals surface area contributed by atoms with Crippen LogP contribution in [-0.4, -0.2) is 61.0 Å². The molecule has 0 aromatic carbocycles. The lowest BCUT2D eigenvalue weighted by Crippen LogP contribution is -2.42. The van der Waals surface area contributed by atoms with Gasteiger partial charge in [-0.15, -0.1) is 0 Å². The molecule has 0 N–H and O–H groups in total. The summed E-state index contributed by atoms with van der Waals surface area (Å²) in [7, 11) is 0. The number of carbonyl (C=O) groups excluding carboxylic acids is 2. The fourth-order valence-corrected chi connectivity index (χ4v) is 4.31. The van der Waals surface area contributed by atoms with E-state index in [1.807, 2.05) is 35.9 Å². The van der Waals surface area contributed by atoms with Gasteiger partial charge >= 0.3 is 0 Å². The average molecular weight is 396 g/mol. The maximum absolute atomic E-state index is 12.9. The molecule has 1 saturated heterocycles. The van der Waals surface area contributed by atoms with Crippen LogP contribution in [0, 0.1) is 6.92 Å². The Morgan fingerprint density at radius 3 is 2.59 bits per heavy atom. The van der Waals surface area contributed by atoms with Crippen LogP contribution in [-0.2, 0) is 22.6 Å². The van der Waals surface area contributed by atoms with Gasteiger partial charge in [0.15, 0.2) is 0 Å². The first kappa shape index (κ1) is 19.5. The maximum atomic E-state index is 12.9. The summed E-state index contributed by atoms with van der Waals surface area (Å²) in [5.74, 6) is 1.36. The minimum absolute atomic E-state index is 0.0938. The number of aryl methyl sites for hydroxylation is 1. The van der Waals surface area contributed by atoms with Crippen molar-refractivity contribution in [3.63, 3.8) is 0 Å². The molecule has 8 heteroatoms. The predicted octanol–water partition coefficient (Wildman–Crippen LogP) is 1.85. The maximum Gasteiger partial charge on any atom is 0.247 e. The molecule has 29 heavy (non-hydrogen) atoms. The first-order chi connectivity index (χ1) is 13.9. The molecule has 0 radical (unpaired) electrons. The topological polar surface area (TPSA) is 84.2 Å². The second kappa shape index (κ2) is 7.93. The van der Waals surface area contributed by atoms with Crippen LogP contribution < -0.4 is 0 Å². The van der Waals surface area contributed by atoms with Gasteiger partial charge in [-0.1, -0.05) is 0 Å². The Labute approximate surface area is 170 Å². The number of rotatable bonds is 3. The number of fused-ring (bicyclic) bond motifs is 1. The van der Waals surface area contributed by atoms with Crippen LogP contribution in [0.3, 0.4) is 0 Å². The van der Waals surface area contributed by atoms with Gasteiger partial charge in [0.25, 0.3) is 0 Å². The smallest absolute Gasteiger partial charge is 0.247 e. The minimum Gasteiger partial charge on any atom is -0.341 e. The van der Waals surface area contributed by atoms with Crippen LogP contribution in [0.2, 0.25) is 0 Å². The third-order valence-corrected chi connectivity index (χ3v) is 6.16. The van der Waals surface area contributed by atoms with E-state index in [0.29, 0.717) is 19.6 Å². The SMILES string of the molecule is CC(=O)N1CCc2nc(C3CCN(C(=O)C(C)n4nccc4C)CC3)ncc2C1. The van der Waals surface area contributed by atoms with E-state index in [1.165, 1.54) is 0 Å². The molecule has 2 aliphatic rings. The fraction of sp³-hybridized carbons (Fsp3) is 0.571. The standard InChI is InChI=1S/C21H28N6O2/c1-14-4-8-23-27(14)15(2)21(29)25-9-5-17(6-10-25)20-22-12-18-13-26(16(3)28)11-7-19(18)24-20/h4,8,12,15,17H,5-7,9-11,13H2,1-3H3. The molecule has 2 aliphatic heterocycles. The first-order valence-corrected chi connectivity index (χ1v) is 10.3. The van der Waals surface area contributed by atoms with Crippen LogP contribution in [0.15, 0.2) is 18.5 Å². The van der Waals surface area contributed by atoms with Gasteiger partial charge in [-0.3, -0.25) is 14.3 Å². The van der Waals surface area contributed by atoms with E-state index in [2.05, 4.69) is 10.1 Å². The highest BCUT2D eigenvalue weighted by atomic mass is 16.2. The Kier molecular flexibility index (Phi) is 5.34. The summed E-state index contributed by atoms with van der Waals surface area (Å²) in [5, 5.41) is 4.28. The molecular weight excluding hydrogens is 368 g/mol. The van der Waals surface area contributed by atoms with E-state index >= 15 is 0 Å². The summed E-state index contributed by atoms with van der Waals surface area (Å²) in [6.07, 6.45) is 6.13. The summed E-state index contributed by atoms with van der Waals surface area (Å²) in [4.78, 5) is 37.7. The van der Waals surface area contributed by atoms with E-state index in [4.69, 9.17) is 4.98 Å². The van der Waals surface area contributed by atoms with Crippen molar-refractivity contribution >= 4 is 11.8 Å². The largest absolute Gasteiger partial charge is 0.341 e. The zero-order chi connectivity index (χ0) is 20.5. The Balaban J connectivity index is 1.38. The number of hydrogen-bond acceptors (Lipinski definition) is 5. The molecule has 0 saturated carbocycles. The molecule has 1 atom stereocenters. The summed E-state index contributed by atoms with van der Waals surface area (Å²) >= 11 is 0.